The summed E-state index contributed by atoms with van der Waals surface area (Å²) in [5, 5.41) is 6.24. The van der Waals surface area contributed by atoms with Crippen LogP contribution < -0.4 is 16.4 Å². The zero-order valence-corrected chi connectivity index (χ0v) is 21.6. The Kier molecular flexibility index (Phi) is 9.32. The minimum Gasteiger partial charge on any atom is -0.349 e. The number of likely N-dealkylation sites (tertiary alicyclic amines) is 1. The first-order valence-corrected chi connectivity index (χ1v) is 12.5. The first-order chi connectivity index (χ1) is 18.1. The lowest BCUT2D eigenvalue weighted by molar-refractivity contribution is -0.143. The van der Waals surface area contributed by atoms with Crippen LogP contribution >= 0.6 is 0 Å². The van der Waals surface area contributed by atoms with Gasteiger partial charge in [0.05, 0.1) is 17.2 Å². The zero-order chi connectivity index (χ0) is 29.0. The van der Waals surface area contributed by atoms with Gasteiger partial charge in [0, 0.05) is 36.8 Å². The van der Waals surface area contributed by atoms with E-state index in [1.165, 1.54) is 4.90 Å². The van der Waals surface area contributed by atoms with Crippen molar-refractivity contribution in [2.24, 2.45) is 5.73 Å². The quantitative estimate of drug-likeness (QED) is 0.420. The minimum atomic E-state index is -5.04. The second kappa shape index (κ2) is 12.0. The van der Waals surface area contributed by atoms with E-state index in [0.717, 1.165) is 5.56 Å². The van der Waals surface area contributed by atoms with E-state index in [1.54, 1.807) is 13.8 Å². The molecule has 1 saturated heterocycles. The minimum absolute atomic E-state index is 0.00316. The van der Waals surface area contributed by atoms with Gasteiger partial charge < -0.3 is 21.3 Å². The van der Waals surface area contributed by atoms with Crippen molar-refractivity contribution < 1.29 is 35.9 Å². The SMILES string of the molecule is CC(C)(CN)NC(=O)C(Cc1ccccc1)NC1CCN(C(=O)c2cc(C(F)(F)F)cc(C(F)(F)F)c2)CC1. The number of hydrogen-bond acceptors (Lipinski definition) is 4. The zero-order valence-electron chi connectivity index (χ0n) is 21.6. The van der Waals surface area contributed by atoms with Crippen molar-refractivity contribution >= 4 is 11.8 Å². The number of hydrogen-bond donors (Lipinski definition) is 3. The number of carbonyl (C=O) groups is 2. The van der Waals surface area contributed by atoms with E-state index in [4.69, 9.17) is 5.73 Å². The Morgan fingerprint density at radius 1 is 0.949 bits per heavy atom. The molecule has 1 heterocycles. The number of nitrogens with two attached hydrogens (primary N) is 1. The molecular formula is C27H32F6N4O2. The van der Waals surface area contributed by atoms with Crippen LogP contribution in [0.25, 0.3) is 0 Å². The van der Waals surface area contributed by atoms with Crippen molar-refractivity contribution in [3.63, 3.8) is 0 Å². The van der Waals surface area contributed by atoms with Crippen LogP contribution in [0, 0.1) is 0 Å². The fraction of sp³-hybridized carbons (Fsp3) is 0.481. The van der Waals surface area contributed by atoms with Gasteiger partial charge >= 0.3 is 12.4 Å². The average molecular weight is 559 g/mol. The Morgan fingerprint density at radius 3 is 1.97 bits per heavy atom. The van der Waals surface area contributed by atoms with Gasteiger partial charge in [-0.1, -0.05) is 30.3 Å². The van der Waals surface area contributed by atoms with Crippen LogP contribution in [-0.2, 0) is 23.6 Å². The third-order valence-electron chi connectivity index (χ3n) is 6.62. The molecule has 0 saturated carbocycles. The molecule has 0 aromatic heterocycles. The van der Waals surface area contributed by atoms with Crippen LogP contribution in [0.15, 0.2) is 48.5 Å². The van der Waals surface area contributed by atoms with Crippen LogP contribution in [0.4, 0.5) is 26.3 Å². The molecular weight excluding hydrogens is 526 g/mol. The van der Waals surface area contributed by atoms with E-state index in [2.05, 4.69) is 10.6 Å². The first kappa shape index (κ1) is 30.4. The summed E-state index contributed by atoms with van der Waals surface area (Å²) >= 11 is 0. The number of piperidine rings is 1. The largest absolute Gasteiger partial charge is 0.416 e. The topological polar surface area (TPSA) is 87.5 Å². The highest BCUT2D eigenvalue weighted by molar-refractivity contribution is 5.94. The van der Waals surface area contributed by atoms with E-state index in [0.29, 0.717) is 31.4 Å². The lowest BCUT2D eigenvalue weighted by Gasteiger charge is -2.35. The van der Waals surface area contributed by atoms with Gasteiger partial charge in [-0.25, -0.2) is 0 Å². The van der Waals surface area contributed by atoms with Crippen molar-refractivity contribution in [1.29, 1.82) is 0 Å². The number of rotatable bonds is 8. The molecule has 39 heavy (non-hydrogen) atoms. The van der Waals surface area contributed by atoms with Crippen LogP contribution in [0.1, 0.15) is 53.7 Å². The maximum Gasteiger partial charge on any atom is 0.416 e. The Balaban J connectivity index is 1.71. The van der Waals surface area contributed by atoms with E-state index in [-0.39, 0.29) is 37.6 Å². The fourth-order valence-corrected chi connectivity index (χ4v) is 4.34. The molecule has 6 nitrogen and oxygen atoms in total. The Morgan fingerprint density at radius 2 is 1.49 bits per heavy atom. The molecule has 1 aliphatic heterocycles. The predicted octanol–water partition coefficient (Wildman–Crippen LogP) is 4.38. The molecule has 2 aromatic rings. The Labute approximate surface area is 222 Å². The Bertz CT molecular complexity index is 1110. The molecule has 0 aliphatic carbocycles. The molecule has 0 spiro atoms. The van der Waals surface area contributed by atoms with Crippen LogP contribution in [0.3, 0.4) is 0 Å². The van der Waals surface area contributed by atoms with E-state index in [1.807, 2.05) is 30.3 Å². The fourth-order valence-electron chi connectivity index (χ4n) is 4.34. The molecule has 2 amide bonds. The Hall–Kier alpha value is -3.12. The predicted molar refractivity (Wildman–Crippen MR) is 134 cm³/mol. The number of halogens is 6. The number of nitrogens with zero attached hydrogens (tertiary/aromatic N) is 1. The number of carbonyl (C=O) groups excluding carboxylic acids is 2. The van der Waals surface area contributed by atoms with E-state index >= 15 is 0 Å². The van der Waals surface area contributed by atoms with Crippen LogP contribution in [0.2, 0.25) is 0 Å². The summed E-state index contributed by atoms with van der Waals surface area (Å²) in [6.45, 7) is 4.02. The molecule has 12 heteroatoms. The number of benzene rings is 2. The van der Waals surface area contributed by atoms with Gasteiger partial charge in [-0.05, 0) is 56.9 Å². The summed E-state index contributed by atoms with van der Waals surface area (Å²) in [6, 6.07) is 9.41. The second-order valence-corrected chi connectivity index (χ2v) is 10.3. The highest BCUT2D eigenvalue weighted by Gasteiger charge is 2.38. The number of alkyl halides is 6. The highest BCUT2D eigenvalue weighted by Crippen LogP contribution is 2.36. The van der Waals surface area contributed by atoms with Gasteiger partial charge in [-0.3, -0.25) is 9.59 Å². The lowest BCUT2D eigenvalue weighted by atomic mass is 9.98. The lowest BCUT2D eigenvalue weighted by Crippen LogP contribution is -2.58. The summed E-state index contributed by atoms with van der Waals surface area (Å²) in [6.07, 6.45) is -8.98. The molecule has 2 aromatic carbocycles. The first-order valence-electron chi connectivity index (χ1n) is 12.5. The molecule has 0 bridgehead atoms. The molecule has 1 unspecified atom stereocenters. The van der Waals surface area contributed by atoms with Crippen molar-refractivity contribution in [3.8, 4) is 0 Å². The van der Waals surface area contributed by atoms with Crippen molar-refractivity contribution in [3.05, 3.63) is 70.8 Å². The van der Waals surface area contributed by atoms with E-state index in [9.17, 15) is 35.9 Å². The number of amides is 2. The van der Waals surface area contributed by atoms with Gasteiger partial charge in [0.15, 0.2) is 0 Å². The molecule has 1 fully saturated rings. The molecule has 0 radical (unpaired) electrons. The summed E-state index contributed by atoms with van der Waals surface area (Å²) < 4.78 is 79.3. The maximum absolute atomic E-state index is 13.2. The summed E-state index contributed by atoms with van der Waals surface area (Å²) in [7, 11) is 0. The van der Waals surface area contributed by atoms with Crippen molar-refractivity contribution in [2.45, 2.75) is 63.1 Å². The van der Waals surface area contributed by atoms with Gasteiger partial charge in [0.25, 0.3) is 5.91 Å². The van der Waals surface area contributed by atoms with Crippen molar-refractivity contribution in [1.82, 2.24) is 15.5 Å². The van der Waals surface area contributed by atoms with Crippen molar-refractivity contribution in [2.75, 3.05) is 19.6 Å². The second-order valence-electron chi connectivity index (χ2n) is 10.3. The normalized spacial score (nSPS) is 16.2. The van der Waals surface area contributed by atoms with Crippen LogP contribution in [-0.4, -0.2) is 54.0 Å². The number of nitrogens with one attached hydrogen (secondary N) is 2. The third kappa shape index (κ3) is 8.43. The third-order valence-corrected chi connectivity index (χ3v) is 6.62. The smallest absolute Gasteiger partial charge is 0.349 e. The molecule has 4 N–H and O–H groups in total. The van der Waals surface area contributed by atoms with Gasteiger partial charge in [0.1, 0.15) is 0 Å². The molecule has 3 rings (SSSR count). The summed E-state index contributed by atoms with van der Waals surface area (Å²) in [4.78, 5) is 27.3. The summed E-state index contributed by atoms with van der Waals surface area (Å²) in [5.74, 6) is -1.16. The maximum atomic E-state index is 13.2. The van der Waals surface area contributed by atoms with Gasteiger partial charge in [-0.15, -0.1) is 0 Å². The monoisotopic (exact) mass is 558 g/mol. The van der Waals surface area contributed by atoms with E-state index < -0.39 is 46.5 Å². The average Bonchev–Trinajstić information content (AvgIpc) is 2.87. The van der Waals surface area contributed by atoms with Crippen LogP contribution in [0.5, 0.6) is 0 Å². The molecule has 214 valence electrons. The van der Waals surface area contributed by atoms with Gasteiger partial charge in [0.2, 0.25) is 5.91 Å². The summed E-state index contributed by atoms with van der Waals surface area (Å²) in [5.41, 5.74) is 2.30. The van der Waals surface area contributed by atoms with Gasteiger partial charge in [-0.2, -0.15) is 26.3 Å². The molecule has 1 aliphatic rings. The highest BCUT2D eigenvalue weighted by atomic mass is 19.4. The standard InChI is InChI=1S/C27H32F6N4O2/c1-25(2,16-34)36-23(38)22(12-17-6-4-3-5-7-17)35-21-8-10-37(11-9-21)24(39)18-13-19(26(28,29)30)15-20(14-18)27(31,32)33/h3-7,13-15,21-22,35H,8-12,16,34H2,1-2H3,(H,36,38). The molecule has 1 atom stereocenters.